The Bertz CT molecular complexity index is 436. The van der Waals surface area contributed by atoms with Crippen molar-refractivity contribution < 1.29 is 4.74 Å². The first kappa shape index (κ1) is 12.1. The maximum absolute atomic E-state index is 5.69. The Hall–Kier alpha value is -1.35. The summed E-state index contributed by atoms with van der Waals surface area (Å²) in [7, 11) is 0. The molecule has 0 fully saturated rings. The molecule has 2 nitrogen and oxygen atoms in total. The van der Waals surface area contributed by atoms with Crippen molar-refractivity contribution in [3.05, 3.63) is 46.4 Å². The fourth-order valence-electron chi connectivity index (χ4n) is 1.60. The summed E-state index contributed by atoms with van der Waals surface area (Å²) >= 11 is 1.62. The first-order valence-electron chi connectivity index (χ1n) is 5.89. The average Bonchev–Trinajstić information content (AvgIpc) is 2.89. The average molecular weight is 247 g/mol. The second-order valence-corrected chi connectivity index (χ2v) is 5.11. The minimum atomic E-state index is 0.605. The number of hydrogen-bond acceptors (Lipinski definition) is 3. The molecule has 1 heterocycles. The van der Waals surface area contributed by atoms with E-state index in [-0.39, 0.29) is 0 Å². The number of thiazole rings is 1. The fraction of sp³-hybridized carbons (Fsp3) is 0.357. The van der Waals surface area contributed by atoms with Crippen LogP contribution < -0.4 is 4.74 Å². The molecule has 3 heteroatoms. The van der Waals surface area contributed by atoms with E-state index in [0.29, 0.717) is 12.5 Å². The lowest BCUT2D eigenvalue weighted by Crippen LogP contribution is -1.94. The second kappa shape index (κ2) is 5.82. The largest absolute Gasteiger partial charge is 0.488 e. The van der Waals surface area contributed by atoms with Gasteiger partial charge in [-0.15, -0.1) is 11.3 Å². The first-order valence-corrected chi connectivity index (χ1v) is 6.77. The second-order valence-electron chi connectivity index (χ2n) is 4.13. The maximum atomic E-state index is 5.69. The molecule has 0 radical (unpaired) electrons. The molecule has 0 aliphatic heterocycles. The molecule has 0 saturated heterocycles. The van der Waals surface area contributed by atoms with Gasteiger partial charge in [0, 0.05) is 6.20 Å². The van der Waals surface area contributed by atoms with Crippen molar-refractivity contribution in [1.29, 1.82) is 0 Å². The Morgan fingerprint density at radius 3 is 2.65 bits per heavy atom. The van der Waals surface area contributed by atoms with Crippen LogP contribution in [0.3, 0.4) is 0 Å². The summed E-state index contributed by atoms with van der Waals surface area (Å²) in [5.74, 6) is 1.54. The normalized spacial score (nSPS) is 12.4. The minimum absolute atomic E-state index is 0.605. The molecule has 1 aromatic carbocycles. The summed E-state index contributed by atoms with van der Waals surface area (Å²) in [6, 6.07) is 8.39. The summed E-state index contributed by atoms with van der Waals surface area (Å²) in [4.78, 5) is 5.17. The Labute approximate surface area is 106 Å². The van der Waals surface area contributed by atoms with Gasteiger partial charge in [-0.1, -0.05) is 26.0 Å². The molecule has 1 atom stereocenters. The van der Waals surface area contributed by atoms with Crippen LogP contribution in [0.1, 0.15) is 36.6 Å². The van der Waals surface area contributed by atoms with E-state index in [1.54, 1.807) is 11.3 Å². The van der Waals surface area contributed by atoms with Crippen LogP contribution in [0.15, 0.2) is 36.0 Å². The number of nitrogens with zero attached hydrogens (tertiary/aromatic N) is 1. The number of ether oxygens (including phenoxy) is 1. The van der Waals surface area contributed by atoms with Crippen molar-refractivity contribution >= 4 is 11.3 Å². The lowest BCUT2D eigenvalue weighted by Gasteiger charge is -2.10. The summed E-state index contributed by atoms with van der Waals surface area (Å²) in [5, 5.41) is 0. The standard InChI is InChI=1S/C14H17NOS/c1-3-11(2)12-4-6-13(7-5-12)16-9-14-8-15-10-17-14/h4-8,10-11H,3,9H2,1-2H3. The van der Waals surface area contributed by atoms with Crippen LogP contribution in [-0.2, 0) is 6.61 Å². The predicted octanol–water partition coefficient (Wildman–Crippen LogP) is 4.24. The van der Waals surface area contributed by atoms with Crippen LogP contribution in [-0.4, -0.2) is 4.98 Å². The van der Waals surface area contributed by atoms with Crippen molar-refractivity contribution in [3.63, 3.8) is 0 Å². The van der Waals surface area contributed by atoms with Crippen LogP contribution in [0.4, 0.5) is 0 Å². The first-order chi connectivity index (χ1) is 8.29. The molecule has 0 bridgehead atoms. The highest BCUT2D eigenvalue weighted by Gasteiger charge is 2.03. The third kappa shape index (κ3) is 3.30. The molecule has 1 unspecified atom stereocenters. The Morgan fingerprint density at radius 1 is 1.29 bits per heavy atom. The van der Waals surface area contributed by atoms with Crippen LogP contribution in [0, 0.1) is 0 Å². The van der Waals surface area contributed by atoms with E-state index in [1.165, 1.54) is 12.0 Å². The van der Waals surface area contributed by atoms with Crippen LogP contribution in [0.2, 0.25) is 0 Å². The SMILES string of the molecule is CCC(C)c1ccc(OCc2cncs2)cc1. The monoisotopic (exact) mass is 247 g/mol. The quantitative estimate of drug-likeness (QED) is 0.788. The number of benzene rings is 1. The minimum Gasteiger partial charge on any atom is -0.488 e. The zero-order chi connectivity index (χ0) is 12.1. The summed E-state index contributed by atoms with van der Waals surface area (Å²) in [5.41, 5.74) is 3.20. The van der Waals surface area contributed by atoms with Gasteiger partial charge in [-0.3, -0.25) is 4.98 Å². The number of rotatable bonds is 5. The van der Waals surface area contributed by atoms with Gasteiger partial charge in [0.25, 0.3) is 0 Å². The van der Waals surface area contributed by atoms with E-state index < -0.39 is 0 Å². The molecule has 90 valence electrons. The molecule has 2 rings (SSSR count). The van der Waals surface area contributed by atoms with E-state index in [9.17, 15) is 0 Å². The van der Waals surface area contributed by atoms with Crippen LogP contribution in [0.5, 0.6) is 5.75 Å². The van der Waals surface area contributed by atoms with E-state index in [1.807, 2.05) is 23.8 Å². The number of aromatic nitrogens is 1. The van der Waals surface area contributed by atoms with Crippen molar-refractivity contribution in [2.45, 2.75) is 32.8 Å². The molecule has 0 aliphatic rings. The Morgan fingerprint density at radius 2 is 2.06 bits per heavy atom. The smallest absolute Gasteiger partial charge is 0.124 e. The summed E-state index contributed by atoms with van der Waals surface area (Å²) < 4.78 is 5.69. The third-order valence-corrected chi connectivity index (χ3v) is 3.68. The molecule has 0 aliphatic carbocycles. The van der Waals surface area contributed by atoms with Crippen molar-refractivity contribution in [1.82, 2.24) is 4.98 Å². The third-order valence-electron chi connectivity index (χ3n) is 2.93. The van der Waals surface area contributed by atoms with Gasteiger partial charge < -0.3 is 4.74 Å². The van der Waals surface area contributed by atoms with E-state index in [0.717, 1.165) is 10.6 Å². The predicted molar refractivity (Wildman–Crippen MR) is 71.6 cm³/mol. The van der Waals surface area contributed by atoms with Gasteiger partial charge in [-0.2, -0.15) is 0 Å². The summed E-state index contributed by atoms with van der Waals surface area (Å²) in [6.45, 7) is 5.05. The van der Waals surface area contributed by atoms with E-state index in [4.69, 9.17) is 4.74 Å². The van der Waals surface area contributed by atoms with Gasteiger partial charge in [-0.05, 0) is 30.0 Å². The Kier molecular flexibility index (Phi) is 4.15. The van der Waals surface area contributed by atoms with Gasteiger partial charge in [-0.25, -0.2) is 0 Å². The molecular weight excluding hydrogens is 230 g/mol. The van der Waals surface area contributed by atoms with Crippen molar-refractivity contribution in [3.8, 4) is 5.75 Å². The lowest BCUT2D eigenvalue weighted by atomic mass is 9.99. The van der Waals surface area contributed by atoms with Gasteiger partial charge in [0.05, 0.1) is 10.4 Å². The topological polar surface area (TPSA) is 22.1 Å². The highest BCUT2D eigenvalue weighted by molar-refractivity contribution is 7.09. The molecule has 0 amide bonds. The lowest BCUT2D eigenvalue weighted by molar-refractivity contribution is 0.309. The fourth-order valence-corrected chi connectivity index (χ4v) is 2.10. The highest BCUT2D eigenvalue weighted by Crippen LogP contribution is 2.22. The number of hydrogen-bond donors (Lipinski definition) is 0. The van der Waals surface area contributed by atoms with Crippen molar-refractivity contribution in [2.75, 3.05) is 0 Å². The Balaban J connectivity index is 1.94. The van der Waals surface area contributed by atoms with Gasteiger partial charge >= 0.3 is 0 Å². The molecule has 0 spiro atoms. The summed E-state index contributed by atoms with van der Waals surface area (Å²) in [6.07, 6.45) is 3.01. The van der Waals surface area contributed by atoms with Gasteiger partial charge in [0.2, 0.25) is 0 Å². The van der Waals surface area contributed by atoms with E-state index in [2.05, 4.69) is 31.0 Å². The van der Waals surface area contributed by atoms with E-state index >= 15 is 0 Å². The highest BCUT2D eigenvalue weighted by atomic mass is 32.1. The zero-order valence-corrected chi connectivity index (χ0v) is 11.0. The molecule has 0 saturated carbocycles. The molecule has 17 heavy (non-hydrogen) atoms. The molecular formula is C14H17NOS. The van der Waals surface area contributed by atoms with Crippen molar-refractivity contribution in [2.24, 2.45) is 0 Å². The van der Waals surface area contributed by atoms with Crippen LogP contribution >= 0.6 is 11.3 Å². The zero-order valence-electron chi connectivity index (χ0n) is 10.2. The molecule has 0 N–H and O–H groups in total. The molecule has 1 aromatic heterocycles. The van der Waals surface area contributed by atoms with Gasteiger partial charge in [0.15, 0.2) is 0 Å². The molecule has 2 aromatic rings. The maximum Gasteiger partial charge on any atom is 0.124 e. The van der Waals surface area contributed by atoms with Gasteiger partial charge in [0.1, 0.15) is 12.4 Å². The van der Waals surface area contributed by atoms with Crippen LogP contribution in [0.25, 0.3) is 0 Å².